The van der Waals surface area contributed by atoms with E-state index in [9.17, 15) is 19.6 Å². The fraction of sp³-hybridized carbons (Fsp3) is 0.128. The lowest BCUT2D eigenvalue weighted by Crippen LogP contribution is -2.30. The number of anilines is 2. The van der Waals surface area contributed by atoms with Crippen molar-refractivity contribution in [3.63, 3.8) is 0 Å². The monoisotopic (exact) mass is 717 g/mol. The van der Waals surface area contributed by atoms with Crippen LogP contribution in [0.4, 0.5) is 10.7 Å². The zero-order chi connectivity index (χ0) is 34.9. The molecule has 0 spiro atoms. The summed E-state index contributed by atoms with van der Waals surface area (Å²) in [6.45, 7) is 2.42. The minimum absolute atomic E-state index is 0.0498. The molecule has 1 aliphatic rings. The molecule has 11 heteroatoms. The van der Waals surface area contributed by atoms with Crippen molar-refractivity contribution in [3.8, 4) is 6.07 Å². The average Bonchev–Trinajstić information content (AvgIpc) is 3.48. The summed E-state index contributed by atoms with van der Waals surface area (Å²) in [7, 11) is 0. The smallest absolute Gasteiger partial charge is 0.272 e. The third-order valence-electron chi connectivity index (χ3n) is 7.92. The largest absolute Gasteiger partial charge is 0.321 e. The average molecular weight is 718 g/mol. The molecule has 0 fully saturated rings. The number of fused-ring (bicyclic) bond motifs is 1. The lowest BCUT2D eigenvalue weighted by molar-refractivity contribution is -0.114. The van der Waals surface area contributed by atoms with E-state index in [4.69, 9.17) is 11.6 Å². The highest BCUT2D eigenvalue weighted by atomic mass is 35.5. The highest BCUT2D eigenvalue weighted by Gasteiger charge is 2.25. The van der Waals surface area contributed by atoms with E-state index in [0.717, 1.165) is 41.4 Å². The fourth-order valence-electron chi connectivity index (χ4n) is 5.48. The van der Waals surface area contributed by atoms with Crippen molar-refractivity contribution in [2.45, 2.75) is 24.4 Å². The summed E-state index contributed by atoms with van der Waals surface area (Å²) in [6, 6.07) is 35.3. The van der Waals surface area contributed by atoms with E-state index in [1.165, 1.54) is 28.7 Å². The molecule has 4 aromatic carbocycles. The number of halogens is 1. The molecule has 250 valence electrons. The van der Waals surface area contributed by atoms with E-state index in [1.807, 2.05) is 30.3 Å². The van der Waals surface area contributed by atoms with Gasteiger partial charge in [-0.1, -0.05) is 78.3 Å². The molecular weight excluding hydrogens is 686 g/mol. The van der Waals surface area contributed by atoms with E-state index in [1.54, 1.807) is 72.8 Å². The Labute approximate surface area is 303 Å². The van der Waals surface area contributed by atoms with Crippen LogP contribution in [0.5, 0.6) is 0 Å². The molecule has 0 saturated heterocycles. The first-order chi connectivity index (χ1) is 24.3. The van der Waals surface area contributed by atoms with E-state index < -0.39 is 11.8 Å². The first-order valence-electron chi connectivity index (χ1n) is 15.8. The van der Waals surface area contributed by atoms with Gasteiger partial charge < -0.3 is 16.0 Å². The third-order valence-corrected chi connectivity index (χ3v) is 10.3. The van der Waals surface area contributed by atoms with Crippen molar-refractivity contribution in [2.24, 2.45) is 0 Å². The summed E-state index contributed by atoms with van der Waals surface area (Å²) in [6.07, 6.45) is 2.34. The summed E-state index contributed by atoms with van der Waals surface area (Å²) in [5.74, 6) is -1.05. The van der Waals surface area contributed by atoms with Crippen LogP contribution in [0.1, 0.15) is 37.5 Å². The number of carbonyl (C=O) groups excluding carboxylic acids is 3. The van der Waals surface area contributed by atoms with Gasteiger partial charge in [-0.25, -0.2) is 0 Å². The molecule has 5 aromatic rings. The zero-order valence-electron chi connectivity index (χ0n) is 26.8. The van der Waals surface area contributed by atoms with Crippen LogP contribution in [0.15, 0.2) is 120 Å². The predicted molar refractivity (Wildman–Crippen MR) is 201 cm³/mol. The highest BCUT2D eigenvalue weighted by molar-refractivity contribution is 8.00. The van der Waals surface area contributed by atoms with E-state index in [2.05, 4.69) is 39.1 Å². The summed E-state index contributed by atoms with van der Waals surface area (Å²) in [5, 5.41) is 19.6. The molecule has 8 nitrogen and oxygen atoms in total. The van der Waals surface area contributed by atoms with Crippen LogP contribution in [0.25, 0.3) is 6.08 Å². The summed E-state index contributed by atoms with van der Waals surface area (Å²) < 4.78 is 0. The number of nitrogens with one attached hydrogen (secondary N) is 3. The Hall–Kier alpha value is -5.18. The van der Waals surface area contributed by atoms with Gasteiger partial charge in [0.25, 0.3) is 11.8 Å². The second-order valence-electron chi connectivity index (χ2n) is 11.5. The number of carbonyl (C=O) groups is 3. The molecule has 0 aliphatic carbocycles. The first-order valence-corrected chi connectivity index (χ1v) is 18.0. The molecule has 1 aliphatic heterocycles. The standard InChI is InChI=1S/C39H32ClN5O3S2/c40-29-16-14-26(15-17-29)20-34(43-37(47)28-10-5-2-6-11-28)38(48)42-30-12-7-13-31(21-30)49-25-36(46)44-39-33(22-41)32-18-19-45(24-35(32)50-39)23-27-8-3-1-4-9-27/h1-17,20-21H,18-19,23-25H2,(H,42,48)(H,43,47)(H,44,46)/b34-20-. The quantitative estimate of drug-likeness (QED) is 0.0944. The van der Waals surface area contributed by atoms with Crippen LogP contribution in [-0.4, -0.2) is 34.9 Å². The maximum atomic E-state index is 13.5. The Balaban J connectivity index is 1.08. The third kappa shape index (κ3) is 9.08. The van der Waals surface area contributed by atoms with Crippen molar-refractivity contribution < 1.29 is 14.4 Å². The van der Waals surface area contributed by atoms with Crippen LogP contribution >= 0.6 is 34.7 Å². The zero-order valence-corrected chi connectivity index (χ0v) is 29.2. The molecule has 0 unspecified atom stereocenters. The van der Waals surface area contributed by atoms with Gasteiger partial charge in [-0.05, 0) is 71.7 Å². The fourth-order valence-corrected chi connectivity index (χ4v) is 7.62. The van der Waals surface area contributed by atoms with Crippen LogP contribution in [0, 0.1) is 11.3 Å². The molecule has 0 atom stereocenters. The van der Waals surface area contributed by atoms with Gasteiger partial charge in [0.2, 0.25) is 5.91 Å². The minimum atomic E-state index is -0.517. The van der Waals surface area contributed by atoms with Gasteiger partial charge in [-0.2, -0.15) is 5.26 Å². The lowest BCUT2D eigenvalue weighted by atomic mass is 10.0. The number of rotatable bonds is 11. The van der Waals surface area contributed by atoms with Crippen molar-refractivity contribution in [1.29, 1.82) is 5.26 Å². The van der Waals surface area contributed by atoms with Gasteiger partial charge >= 0.3 is 0 Å². The highest BCUT2D eigenvalue weighted by Crippen LogP contribution is 2.37. The van der Waals surface area contributed by atoms with Crippen molar-refractivity contribution in [2.75, 3.05) is 22.9 Å². The second-order valence-corrected chi connectivity index (χ2v) is 14.1. The number of thiophene rings is 1. The number of thioether (sulfide) groups is 1. The van der Waals surface area contributed by atoms with Gasteiger partial charge in [0, 0.05) is 45.7 Å². The van der Waals surface area contributed by atoms with Crippen LogP contribution in [-0.2, 0) is 29.1 Å². The Bertz CT molecular complexity index is 2080. The van der Waals surface area contributed by atoms with Crippen molar-refractivity contribution >= 4 is 69.2 Å². The van der Waals surface area contributed by atoms with Gasteiger partial charge in [0.15, 0.2) is 0 Å². The van der Waals surface area contributed by atoms with E-state index in [0.29, 0.717) is 32.4 Å². The molecular formula is C39H32ClN5O3S2. The van der Waals surface area contributed by atoms with E-state index in [-0.39, 0.29) is 17.4 Å². The molecule has 3 N–H and O–H groups in total. The maximum Gasteiger partial charge on any atom is 0.272 e. The summed E-state index contributed by atoms with van der Waals surface area (Å²) in [5.41, 5.74) is 4.45. The van der Waals surface area contributed by atoms with E-state index >= 15 is 0 Å². The van der Waals surface area contributed by atoms with Gasteiger partial charge in [0.1, 0.15) is 16.8 Å². The number of nitriles is 1. The second kappa shape index (κ2) is 16.5. The summed E-state index contributed by atoms with van der Waals surface area (Å²) >= 11 is 8.82. The van der Waals surface area contributed by atoms with Crippen LogP contribution in [0.2, 0.25) is 5.02 Å². The molecule has 0 bridgehead atoms. The molecule has 1 aromatic heterocycles. The van der Waals surface area contributed by atoms with Crippen LogP contribution in [0.3, 0.4) is 0 Å². The Morgan fingerprint density at radius 3 is 2.40 bits per heavy atom. The Morgan fingerprint density at radius 2 is 1.66 bits per heavy atom. The number of hydrogen-bond donors (Lipinski definition) is 3. The van der Waals surface area contributed by atoms with Gasteiger partial charge in [0.05, 0.1) is 11.3 Å². The molecule has 6 rings (SSSR count). The predicted octanol–water partition coefficient (Wildman–Crippen LogP) is 7.97. The first kappa shape index (κ1) is 34.7. The summed E-state index contributed by atoms with van der Waals surface area (Å²) in [4.78, 5) is 43.7. The topological polar surface area (TPSA) is 114 Å². The molecule has 0 saturated carbocycles. The molecule has 3 amide bonds. The maximum absolute atomic E-state index is 13.5. The normalized spacial score (nSPS) is 12.8. The number of amides is 3. The number of hydrogen-bond acceptors (Lipinski definition) is 7. The lowest BCUT2D eigenvalue weighted by Gasteiger charge is -2.26. The number of nitrogens with zero attached hydrogens (tertiary/aromatic N) is 2. The molecule has 50 heavy (non-hydrogen) atoms. The SMILES string of the molecule is N#Cc1c(NC(=O)CSc2cccc(NC(=O)/C(=C/c3ccc(Cl)cc3)NC(=O)c3ccccc3)c2)sc2c1CCN(Cc1ccccc1)C2. The molecule has 0 radical (unpaired) electrons. The van der Waals surface area contributed by atoms with Crippen molar-refractivity contribution in [3.05, 3.63) is 153 Å². The van der Waals surface area contributed by atoms with Crippen molar-refractivity contribution in [1.82, 2.24) is 10.2 Å². The Kier molecular flexibility index (Phi) is 11.4. The molecule has 2 heterocycles. The number of benzene rings is 4. The minimum Gasteiger partial charge on any atom is -0.321 e. The van der Waals surface area contributed by atoms with Gasteiger partial charge in [-0.15, -0.1) is 23.1 Å². The Morgan fingerprint density at radius 1 is 0.920 bits per heavy atom. The van der Waals surface area contributed by atoms with Crippen LogP contribution < -0.4 is 16.0 Å². The van der Waals surface area contributed by atoms with Gasteiger partial charge in [-0.3, -0.25) is 19.3 Å².